The predicted octanol–water partition coefficient (Wildman–Crippen LogP) is 3.96. The number of nitrogens with one attached hydrogen (secondary N) is 2. The molecule has 1 fully saturated rings. The third kappa shape index (κ3) is 5.62. The van der Waals surface area contributed by atoms with Crippen molar-refractivity contribution in [3.63, 3.8) is 0 Å². The Kier molecular flexibility index (Phi) is 7.59. The van der Waals surface area contributed by atoms with Crippen LogP contribution in [0.5, 0.6) is 5.75 Å². The summed E-state index contributed by atoms with van der Waals surface area (Å²) in [7, 11) is 0. The third-order valence-electron chi connectivity index (χ3n) is 7.49. The van der Waals surface area contributed by atoms with E-state index in [0.717, 1.165) is 54.3 Å². The molecule has 0 unspecified atom stereocenters. The summed E-state index contributed by atoms with van der Waals surface area (Å²) in [5.74, 6) is 2.45. The van der Waals surface area contributed by atoms with E-state index in [1.807, 2.05) is 26.2 Å². The highest BCUT2D eigenvalue weighted by Gasteiger charge is 2.32. The molecule has 208 valence electrons. The fourth-order valence-corrected chi connectivity index (χ4v) is 5.40. The van der Waals surface area contributed by atoms with E-state index >= 15 is 0 Å². The molecule has 3 N–H and O–H groups in total. The Morgan fingerprint density at radius 1 is 1.28 bits per heavy atom. The van der Waals surface area contributed by atoms with Crippen LogP contribution in [0.3, 0.4) is 0 Å². The van der Waals surface area contributed by atoms with Gasteiger partial charge in [0.15, 0.2) is 5.84 Å². The van der Waals surface area contributed by atoms with E-state index in [2.05, 4.69) is 62.6 Å². The van der Waals surface area contributed by atoms with Crippen molar-refractivity contribution in [1.29, 1.82) is 5.41 Å². The standard InChI is InChI=1S/C29H40N8O2/c1-19(2)32-27(33-20(3)30)24-17-35-13-14-39-26-15-21(8-9-23(26)28(35)34-24)25-10-11-31-37(25)22-7-6-12-36(16-22)29(4,5)18-38/h8-11,15,17,19,22,38H,6-7,12-14,16,18H2,1-5H3,(H2,30,32,33)/t22-/m1/s1. The third-order valence-corrected chi connectivity index (χ3v) is 7.49. The number of aliphatic hydroxyl groups excluding tert-OH is 1. The molecule has 2 aliphatic rings. The number of likely N-dealkylation sites (tertiary alicyclic amines) is 1. The van der Waals surface area contributed by atoms with E-state index in [0.29, 0.717) is 24.7 Å². The van der Waals surface area contributed by atoms with Crippen molar-refractivity contribution in [3.05, 3.63) is 42.4 Å². The molecule has 0 spiro atoms. The van der Waals surface area contributed by atoms with Crippen molar-refractivity contribution in [1.82, 2.24) is 29.5 Å². The second kappa shape index (κ2) is 10.9. The smallest absolute Gasteiger partial charge is 0.155 e. The number of piperidine rings is 1. The minimum atomic E-state index is -0.253. The van der Waals surface area contributed by atoms with E-state index in [1.54, 1.807) is 6.92 Å². The molecule has 0 saturated carbocycles. The van der Waals surface area contributed by atoms with Crippen LogP contribution in [0.25, 0.3) is 22.6 Å². The van der Waals surface area contributed by atoms with Crippen LogP contribution in [0.1, 0.15) is 59.2 Å². The van der Waals surface area contributed by atoms with E-state index in [1.165, 1.54) is 0 Å². The molecule has 2 aromatic heterocycles. The highest BCUT2D eigenvalue weighted by molar-refractivity contribution is 6.04. The lowest BCUT2D eigenvalue weighted by molar-refractivity contribution is 0.0246. The molecule has 1 atom stereocenters. The van der Waals surface area contributed by atoms with Gasteiger partial charge in [-0.3, -0.25) is 15.0 Å². The molecule has 0 aliphatic carbocycles. The zero-order valence-electron chi connectivity index (χ0n) is 23.6. The Morgan fingerprint density at radius 3 is 2.85 bits per heavy atom. The van der Waals surface area contributed by atoms with Gasteiger partial charge in [-0.15, -0.1) is 0 Å². The van der Waals surface area contributed by atoms with Gasteiger partial charge < -0.3 is 19.7 Å². The predicted molar refractivity (Wildman–Crippen MR) is 154 cm³/mol. The van der Waals surface area contributed by atoms with E-state index in [4.69, 9.17) is 20.2 Å². The largest absolute Gasteiger partial charge is 0.491 e. The summed E-state index contributed by atoms with van der Waals surface area (Å²) in [6, 6.07) is 8.74. The molecule has 4 heterocycles. The van der Waals surface area contributed by atoms with Crippen molar-refractivity contribution < 1.29 is 9.84 Å². The van der Waals surface area contributed by atoms with E-state index in [9.17, 15) is 5.11 Å². The van der Waals surface area contributed by atoms with Gasteiger partial charge in [0, 0.05) is 36.1 Å². The summed E-state index contributed by atoms with van der Waals surface area (Å²) >= 11 is 0. The van der Waals surface area contributed by atoms with Crippen LogP contribution in [-0.2, 0) is 6.54 Å². The first-order chi connectivity index (χ1) is 18.7. The molecular weight excluding hydrogens is 492 g/mol. The van der Waals surface area contributed by atoms with Crippen LogP contribution >= 0.6 is 0 Å². The number of hydrogen-bond acceptors (Lipinski definition) is 6. The number of aliphatic hydroxyl groups is 1. The molecule has 1 aromatic carbocycles. The molecule has 39 heavy (non-hydrogen) atoms. The van der Waals surface area contributed by atoms with Crippen molar-refractivity contribution in [2.24, 2.45) is 4.99 Å². The molecule has 0 radical (unpaired) electrons. The Labute approximate surface area is 230 Å². The molecular formula is C29H40N8O2. The van der Waals surface area contributed by atoms with Gasteiger partial charge in [-0.2, -0.15) is 5.10 Å². The number of ether oxygens (including phenoxy) is 1. The quantitative estimate of drug-likeness (QED) is 0.327. The van der Waals surface area contributed by atoms with Crippen molar-refractivity contribution in [2.45, 2.75) is 71.6 Å². The lowest BCUT2D eigenvalue weighted by Gasteiger charge is -2.42. The molecule has 2 aliphatic heterocycles. The average Bonchev–Trinajstić information content (AvgIpc) is 3.52. The number of amidine groups is 2. The minimum absolute atomic E-state index is 0.132. The molecule has 1 saturated heterocycles. The Hall–Kier alpha value is -3.50. The van der Waals surface area contributed by atoms with Crippen LogP contribution < -0.4 is 10.1 Å². The summed E-state index contributed by atoms with van der Waals surface area (Å²) in [6.45, 7) is 13.1. The van der Waals surface area contributed by atoms with Crippen LogP contribution in [0.15, 0.2) is 41.7 Å². The molecule has 10 heteroatoms. The maximum absolute atomic E-state index is 9.91. The van der Waals surface area contributed by atoms with Crippen LogP contribution in [0.4, 0.5) is 0 Å². The van der Waals surface area contributed by atoms with Crippen LogP contribution in [0, 0.1) is 5.41 Å². The number of rotatable bonds is 6. The lowest BCUT2D eigenvalue weighted by Crippen LogP contribution is -2.51. The Bertz CT molecular complexity index is 1370. The normalized spacial score (nSPS) is 18.3. The average molecular weight is 533 g/mol. The van der Waals surface area contributed by atoms with Crippen LogP contribution in [-0.4, -0.2) is 78.9 Å². The zero-order chi connectivity index (χ0) is 27.7. The first-order valence-electron chi connectivity index (χ1n) is 13.8. The highest BCUT2D eigenvalue weighted by Crippen LogP contribution is 2.37. The maximum atomic E-state index is 9.91. The molecule has 0 amide bonds. The zero-order valence-corrected chi connectivity index (χ0v) is 23.6. The lowest BCUT2D eigenvalue weighted by atomic mass is 9.97. The number of aromatic nitrogens is 4. The van der Waals surface area contributed by atoms with Gasteiger partial charge in [0.1, 0.15) is 29.7 Å². The summed E-state index contributed by atoms with van der Waals surface area (Å²) < 4.78 is 10.4. The molecule has 5 rings (SSSR count). The minimum Gasteiger partial charge on any atom is -0.491 e. The van der Waals surface area contributed by atoms with Gasteiger partial charge in [0.25, 0.3) is 0 Å². The highest BCUT2D eigenvalue weighted by atomic mass is 16.5. The van der Waals surface area contributed by atoms with E-state index in [-0.39, 0.29) is 30.1 Å². The number of imidazole rings is 1. The maximum Gasteiger partial charge on any atom is 0.155 e. The van der Waals surface area contributed by atoms with E-state index < -0.39 is 0 Å². The number of fused-ring (bicyclic) bond motifs is 3. The van der Waals surface area contributed by atoms with Gasteiger partial charge in [-0.05, 0) is 72.2 Å². The summed E-state index contributed by atoms with van der Waals surface area (Å²) in [5.41, 5.74) is 3.50. The summed E-state index contributed by atoms with van der Waals surface area (Å²) in [4.78, 5) is 11.7. The first-order valence-corrected chi connectivity index (χ1v) is 13.8. The van der Waals surface area contributed by atoms with Crippen LogP contribution in [0.2, 0.25) is 0 Å². The second-order valence-corrected chi connectivity index (χ2v) is 11.4. The Balaban J connectivity index is 1.46. The first kappa shape index (κ1) is 27.1. The van der Waals surface area contributed by atoms with Gasteiger partial charge in [-0.1, -0.05) is 6.07 Å². The van der Waals surface area contributed by atoms with Gasteiger partial charge >= 0.3 is 0 Å². The fraction of sp³-hybridized carbons (Fsp3) is 0.517. The fourth-order valence-electron chi connectivity index (χ4n) is 5.40. The monoisotopic (exact) mass is 532 g/mol. The van der Waals surface area contributed by atoms with Gasteiger partial charge in [-0.25, -0.2) is 9.98 Å². The number of aliphatic imine (C=N–C) groups is 1. The second-order valence-electron chi connectivity index (χ2n) is 11.4. The number of nitrogens with zero attached hydrogens (tertiary/aromatic N) is 6. The number of benzene rings is 1. The Morgan fingerprint density at radius 2 is 2.10 bits per heavy atom. The van der Waals surface area contributed by atoms with Crippen molar-refractivity contribution in [3.8, 4) is 28.4 Å². The van der Waals surface area contributed by atoms with Gasteiger partial charge in [0.05, 0.1) is 30.5 Å². The number of hydrogen-bond donors (Lipinski definition) is 3. The summed E-state index contributed by atoms with van der Waals surface area (Å²) in [5, 5.41) is 25.8. The summed E-state index contributed by atoms with van der Waals surface area (Å²) in [6.07, 6.45) is 5.97. The topological polar surface area (TPSA) is 117 Å². The van der Waals surface area contributed by atoms with Crippen molar-refractivity contribution >= 4 is 11.7 Å². The van der Waals surface area contributed by atoms with Crippen molar-refractivity contribution in [2.75, 3.05) is 26.3 Å². The molecule has 3 aromatic rings. The van der Waals surface area contributed by atoms with Gasteiger partial charge in [0.2, 0.25) is 0 Å². The molecule has 0 bridgehead atoms. The SMILES string of the molecule is CC(=N)/N=C(\NC(C)C)c1cn2c(n1)-c1ccc(-c3ccnn3[C@@H]3CCCN(C(C)(C)CO)C3)cc1OCC2. The molecule has 10 nitrogen and oxygen atoms in total.